The summed E-state index contributed by atoms with van der Waals surface area (Å²) in [6, 6.07) is 40.9. The van der Waals surface area contributed by atoms with Gasteiger partial charge in [-0.25, -0.2) is 0 Å². The fourth-order valence-electron chi connectivity index (χ4n) is 3.95. The summed E-state index contributed by atoms with van der Waals surface area (Å²) >= 11 is 0. The van der Waals surface area contributed by atoms with Crippen molar-refractivity contribution >= 4 is 11.4 Å². The third-order valence-electron chi connectivity index (χ3n) is 5.78. The van der Waals surface area contributed by atoms with Crippen LogP contribution in [0, 0.1) is 64.2 Å². The van der Waals surface area contributed by atoms with E-state index in [2.05, 4.69) is 48.5 Å². The quantitative estimate of drug-likeness (QED) is 0.207. The van der Waals surface area contributed by atoms with Gasteiger partial charge in [-0.2, -0.15) is 0 Å². The molecule has 6 rings (SSSR count). The zero-order valence-electron chi connectivity index (χ0n) is 21.9. The molecule has 0 saturated heterocycles. The van der Waals surface area contributed by atoms with E-state index in [-0.39, 0.29) is 38.3 Å². The van der Waals surface area contributed by atoms with E-state index < -0.39 is 0 Å². The SMILES string of the molecule is [CH]1[CH][CH][CH][CH]1.[CH]1[CH][CH][CH][CH]1.[Zr+4].c1ccc([N-][C@@H](c2ccccc2)[C@@H]([N-]c2ccccc2)c2ccccc2)cc1. The van der Waals surface area contributed by atoms with Crippen LogP contribution >= 0.6 is 0 Å². The summed E-state index contributed by atoms with van der Waals surface area (Å²) in [4.78, 5) is 0. The second-order valence-corrected chi connectivity index (χ2v) is 8.56. The van der Waals surface area contributed by atoms with E-state index in [1.165, 1.54) is 0 Å². The Morgan fingerprint density at radius 2 is 0.538 bits per heavy atom. The summed E-state index contributed by atoms with van der Waals surface area (Å²) in [5.74, 6) is 0. The van der Waals surface area contributed by atoms with Gasteiger partial charge in [-0.15, -0.1) is 23.5 Å². The zero-order valence-corrected chi connectivity index (χ0v) is 24.3. The predicted octanol–water partition coefficient (Wildman–Crippen LogP) is 9.92. The molecule has 0 amide bonds. The van der Waals surface area contributed by atoms with Crippen molar-refractivity contribution in [3.63, 3.8) is 0 Å². The minimum absolute atomic E-state index is 0. The van der Waals surface area contributed by atoms with Crippen LogP contribution in [0.3, 0.4) is 0 Å². The van der Waals surface area contributed by atoms with Crippen molar-refractivity contribution in [3.8, 4) is 0 Å². The van der Waals surface area contributed by atoms with Gasteiger partial charge in [-0.3, -0.25) is 0 Å². The Hall–Kier alpha value is -2.64. The molecule has 0 spiro atoms. The smallest absolute Gasteiger partial charge is 0.679 e. The van der Waals surface area contributed by atoms with E-state index in [0.717, 1.165) is 22.5 Å². The molecule has 2 saturated carbocycles. The van der Waals surface area contributed by atoms with E-state index in [1.807, 2.05) is 137 Å². The van der Waals surface area contributed by atoms with Crippen molar-refractivity contribution in [2.75, 3.05) is 0 Å². The van der Waals surface area contributed by atoms with Gasteiger partial charge in [-0.1, -0.05) is 132 Å². The minimum atomic E-state index is -0.119. The van der Waals surface area contributed by atoms with E-state index >= 15 is 0 Å². The van der Waals surface area contributed by atoms with Crippen molar-refractivity contribution in [1.82, 2.24) is 0 Å². The Labute approximate surface area is 255 Å². The van der Waals surface area contributed by atoms with Crippen molar-refractivity contribution in [1.29, 1.82) is 0 Å². The summed E-state index contributed by atoms with van der Waals surface area (Å²) in [6.07, 6.45) is 20.0. The number of hydrogen-bond donors (Lipinski definition) is 0. The van der Waals surface area contributed by atoms with Crippen LogP contribution in [-0.2, 0) is 26.2 Å². The topological polar surface area (TPSA) is 28.2 Å². The number of nitrogens with zero attached hydrogens (tertiary/aromatic N) is 2. The molecule has 4 aromatic carbocycles. The first-order valence-electron chi connectivity index (χ1n) is 12.9. The average Bonchev–Trinajstić information content (AvgIpc) is 3.77. The fraction of sp³-hybridized carbons (Fsp3) is 0.0556. The van der Waals surface area contributed by atoms with E-state index in [1.54, 1.807) is 0 Å². The van der Waals surface area contributed by atoms with E-state index in [0.29, 0.717) is 0 Å². The van der Waals surface area contributed by atoms with Crippen LogP contribution in [0.4, 0.5) is 11.4 Å². The Morgan fingerprint density at radius 3 is 0.795 bits per heavy atom. The molecule has 0 unspecified atom stereocenters. The molecule has 0 aromatic heterocycles. The van der Waals surface area contributed by atoms with Gasteiger partial charge >= 0.3 is 26.2 Å². The molecule has 0 bridgehead atoms. The molecule has 2 atom stereocenters. The molecular weight excluding hydrogens is 552 g/mol. The Balaban J connectivity index is 0.000000319. The fourth-order valence-corrected chi connectivity index (χ4v) is 3.95. The molecule has 39 heavy (non-hydrogen) atoms. The van der Waals surface area contributed by atoms with E-state index in [4.69, 9.17) is 10.6 Å². The predicted molar refractivity (Wildman–Crippen MR) is 160 cm³/mol. The molecule has 2 aliphatic carbocycles. The molecule has 0 heterocycles. The first kappa shape index (κ1) is 30.9. The van der Waals surface area contributed by atoms with Crippen molar-refractivity contribution < 1.29 is 26.2 Å². The Bertz CT molecular complexity index is 1000. The number of rotatable bonds is 7. The number of para-hydroxylation sites is 2. The van der Waals surface area contributed by atoms with Crippen LogP contribution in [-0.4, -0.2) is 0 Å². The molecule has 188 valence electrons. The summed E-state index contributed by atoms with van der Waals surface area (Å²) < 4.78 is 0. The molecule has 0 aliphatic heterocycles. The standard InChI is InChI=1S/C26H22N2.2C5H5.Zr/c1-5-13-21(14-6-1)25(27-23-17-9-3-10-18-23)26(22-15-7-2-8-16-22)28-24-19-11-4-12-20-24;2*1-2-4-5-3-1;/h1-20,25-26H;2*1-5H;/q-2;;;+4/t25-,26-;;;/m0.../s1. The van der Waals surface area contributed by atoms with Crippen LogP contribution < -0.4 is 0 Å². The first-order chi connectivity index (χ1) is 18.9. The summed E-state index contributed by atoms with van der Waals surface area (Å²) in [7, 11) is 0. The van der Waals surface area contributed by atoms with Gasteiger partial charge in [0.25, 0.3) is 0 Å². The van der Waals surface area contributed by atoms with Gasteiger partial charge in [-0.05, 0) is 64.2 Å². The molecule has 3 heteroatoms. The molecule has 10 radical (unpaired) electrons. The molecule has 4 aromatic rings. The van der Waals surface area contributed by atoms with Crippen molar-refractivity contribution in [2.45, 2.75) is 12.1 Å². The van der Waals surface area contributed by atoms with Crippen LogP contribution in [0.1, 0.15) is 23.2 Å². The largest absolute Gasteiger partial charge is 4.00 e. The monoisotopic (exact) mass is 582 g/mol. The van der Waals surface area contributed by atoms with Gasteiger partial charge in [0.1, 0.15) is 0 Å². The van der Waals surface area contributed by atoms with Crippen LogP contribution in [0.5, 0.6) is 0 Å². The Kier molecular flexibility index (Phi) is 14.7. The summed E-state index contributed by atoms with van der Waals surface area (Å²) in [5, 5.41) is 10.2. The van der Waals surface area contributed by atoms with Gasteiger partial charge in [0.15, 0.2) is 0 Å². The molecule has 2 aliphatic rings. The first-order valence-corrected chi connectivity index (χ1v) is 12.9. The van der Waals surface area contributed by atoms with Gasteiger partial charge in [0, 0.05) is 0 Å². The summed E-state index contributed by atoms with van der Waals surface area (Å²) in [6.45, 7) is 0. The third-order valence-corrected chi connectivity index (χ3v) is 5.78. The average molecular weight is 584 g/mol. The van der Waals surface area contributed by atoms with Gasteiger partial charge < -0.3 is 10.6 Å². The second kappa shape index (κ2) is 18.6. The molecule has 2 fully saturated rings. The van der Waals surface area contributed by atoms with Gasteiger partial charge in [0.05, 0.1) is 0 Å². The van der Waals surface area contributed by atoms with Crippen LogP contribution in [0.25, 0.3) is 10.6 Å². The molecule has 2 nitrogen and oxygen atoms in total. The minimum Gasteiger partial charge on any atom is -0.679 e. The third kappa shape index (κ3) is 11.2. The maximum Gasteiger partial charge on any atom is 4.00 e. The molecule has 0 N–H and O–H groups in total. The zero-order chi connectivity index (χ0) is 26.1. The van der Waals surface area contributed by atoms with E-state index in [9.17, 15) is 0 Å². The number of benzene rings is 4. The number of hydrogen-bond acceptors (Lipinski definition) is 0. The van der Waals surface area contributed by atoms with Gasteiger partial charge in [0.2, 0.25) is 0 Å². The maximum absolute atomic E-state index is 5.11. The van der Waals surface area contributed by atoms with Crippen molar-refractivity contribution in [3.05, 3.63) is 207 Å². The van der Waals surface area contributed by atoms with Crippen molar-refractivity contribution in [2.24, 2.45) is 0 Å². The summed E-state index contributed by atoms with van der Waals surface area (Å²) in [5.41, 5.74) is 4.22. The second-order valence-electron chi connectivity index (χ2n) is 8.56. The van der Waals surface area contributed by atoms with Crippen LogP contribution in [0.2, 0.25) is 0 Å². The maximum atomic E-state index is 5.11. The normalized spacial score (nSPS) is 15.3. The molecular formula is C36H32N2Zr+2. The Morgan fingerprint density at radius 1 is 0.308 bits per heavy atom. The van der Waals surface area contributed by atoms with Crippen LogP contribution in [0.15, 0.2) is 121 Å².